The van der Waals surface area contributed by atoms with E-state index in [2.05, 4.69) is 5.32 Å². The second-order valence-corrected chi connectivity index (χ2v) is 5.73. The second-order valence-electron chi connectivity index (χ2n) is 5.73. The van der Waals surface area contributed by atoms with Gasteiger partial charge in [-0.15, -0.1) is 0 Å². The predicted octanol–water partition coefficient (Wildman–Crippen LogP) is 2.69. The zero-order valence-corrected chi connectivity index (χ0v) is 14.2. The first-order valence-electron chi connectivity index (χ1n) is 8.11. The van der Waals surface area contributed by atoms with Crippen LogP contribution in [0.4, 0.5) is 0 Å². The summed E-state index contributed by atoms with van der Waals surface area (Å²) in [5, 5.41) is 3.29. The Morgan fingerprint density at radius 2 is 1.85 bits per heavy atom. The Kier molecular flexibility index (Phi) is 5.12. The van der Waals surface area contributed by atoms with E-state index in [0.29, 0.717) is 18.4 Å². The molecule has 0 bridgehead atoms. The van der Waals surface area contributed by atoms with Crippen LogP contribution >= 0.6 is 0 Å². The number of carbonyl (C=O) groups excluding carboxylic acids is 2. The summed E-state index contributed by atoms with van der Waals surface area (Å²) in [6.07, 6.45) is 0.664. The number of nitrogens with one attached hydrogen (secondary N) is 1. The van der Waals surface area contributed by atoms with Crippen molar-refractivity contribution in [3.05, 3.63) is 76.1 Å². The molecule has 26 heavy (non-hydrogen) atoms. The molecule has 0 aliphatic rings. The molecule has 0 aliphatic heterocycles. The number of rotatable bonds is 5. The van der Waals surface area contributed by atoms with E-state index in [9.17, 15) is 14.4 Å². The number of carbonyl (C=O) groups is 2. The average molecular weight is 351 g/mol. The summed E-state index contributed by atoms with van der Waals surface area (Å²) >= 11 is 0. The van der Waals surface area contributed by atoms with E-state index < -0.39 is 17.5 Å². The second kappa shape index (κ2) is 7.65. The molecule has 1 N–H and O–H groups in total. The van der Waals surface area contributed by atoms with Crippen molar-refractivity contribution in [3.63, 3.8) is 0 Å². The van der Waals surface area contributed by atoms with Gasteiger partial charge in [0.05, 0.1) is 0 Å². The van der Waals surface area contributed by atoms with Crippen LogP contribution in [0.2, 0.25) is 0 Å². The Morgan fingerprint density at radius 1 is 1.08 bits per heavy atom. The molecule has 0 unspecified atom stereocenters. The Hall–Kier alpha value is -3.41. The minimum Gasteiger partial charge on any atom is -0.427 e. The van der Waals surface area contributed by atoms with Crippen LogP contribution in [0.5, 0.6) is 5.75 Å². The van der Waals surface area contributed by atoms with E-state index in [-0.39, 0.29) is 16.9 Å². The van der Waals surface area contributed by atoms with Gasteiger partial charge in [0.25, 0.3) is 5.91 Å². The minimum atomic E-state index is -0.741. The van der Waals surface area contributed by atoms with Crippen LogP contribution in [0, 0.1) is 0 Å². The zero-order valence-electron chi connectivity index (χ0n) is 14.2. The summed E-state index contributed by atoms with van der Waals surface area (Å²) in [5.41, 5.74) is 0.534. The summed E-state index contributed by atoms with van der Waals surface area (Å²) in [6, 6.07) is 15.8. The van der Waals surface area contributed by atoms with Gasteiger partial charge >= 0.3 is 11.6 Å². The Bertz CT molecular complexity index is 1010. The Morgan fingerprint density at radius 3 is 2.58 bits per heavy atom. The number of fused-ring (bicyclic) bond motifs is 1. The monoisotopic (exact) mass is 351 g/mol. The fraction of sp³-hybridized carbons (Fsp3) is 0.150. The van der Waals surface area contributed by atoms with Gasteiger partial charge < -0.3 is 14.5 Å². The van der Waals surface area contributed by atoms with Crippen LogP contribution in [0.3, 0.4) is 0 Å². The standard InChI is InChI=1S/C20H17NO5/c1-13(22)25-16-8-7-15-11-17(20(24)26-18(15)12-16)19(23)21-10-9-14-5-3-2-4-6-14/h2-8,11-12H,9-10H2,1H3,(H,21,23). The summed E-state index contributed by atoms with van der Waals surface area (Å²) in [7, 11) is 0. The van der Waals surface area contributed by atoms with Gasteiger partial charge in [-0.05, 0) is 30.2 Å². The van der Waals surface area contributed by atoms with Crippen molar-refractivity contribution in [2.75, 3.05) is 6.54 Å². The highest BCUT2D eigenvalue weighted by atomic mass is 16.5. The maximum atomic E-state index is 12.3. The fourth-order valence-corrected chi connectivity index (χ4v) is 2.54. The molecule has 0 aliphatic carbocycles. The largest absolute Gasteiger partial charge is 0.427 e. The van der Waals surface area contributed by atoms with Gasteiger partial charge in [0, 0.05) is 24.9 Å². The van der Waals surface area contributed by atoms with Gasteiger partial charge in [-0.3, -0.25) is 9.59 Å². The van der Waals surface area contributed by atoms with E-state index in [1.54, 1.807) is 12.1 Å². The number of esters is 1. The van der Waals surface area contributed by atoms with Crippen molar-refractivity contribution in [1.29, 1.82) is 0 Å². The lowest BCUT2D eigenvalue weighted by Crippen LogP contribution is -2.29. The first kappa shape index (κ1) is 17.4. The number of hydrogen-bond acceptors (Lipinski definition) is 5. The molecule has 1 amide bonds. The van der Waals surface area contributed by atoms with Crippen molar-refractivity contribution in [2.24, 2.45) is 0 Å². The smallest absolute Gasteiger partial charge is 0.349 e. The Labute approximate surface area is 149 Å². The third kappa shape index (κ3) is 4.16. The molecular formula is C20H17NO5. The molecule has 3 aromatic rings. The van der Waals surface area contributed by atoms with Crippen molar-refractivity contribution in [3.8, 4) is 5.75 Å². The third-order valence-corrected chi connectivity index (χ3v) is 3.76. The van der Waals surface area contributed by atoms with Crippen LogP contribution in [-0.2, 0) is 11.2 Å². The van der Waals surface area contributed by atoms with Crippen LogP contribution in [0.1, 0.15) is 22.8 Å². The van der Waals surface area contributed by atoms with Crippen LogP contribution in [0.25, 0.3) is 11.0 Å². The topological polar surface area (TPSA) is 85.6 Å². The molecule has 6 heteroatoms. The number of amides is 1. The fourth-order valence-electron chi connectivity index (χ4n) is 2.54. The van der Waals surface area contributed by atoms with E-state index in [1.165, 1.54) is 19.1 Å². The molecule has 0 radical (unpaired) electrons. The average Bonchev–Trinajstić information content (AvgIpc) is 2.61. The SMILES string of the molecule is CC(=O)Oc1ccc2cc(C(=O)NCCc3ccccc3)c(=O)oc2c1. The van der Waals surface area contributed by atoms with Crippen molar-refractivity contribution in [1.82, 2.24) is 5.32 Å². The van der Waals surface area contributed by atoms with Gasteiger partial charge in [-0.25, -0.2) is 4.79 Å². The maximum absolute atomic E-state index is 12.3. The normalized spacial score (nSPS) is 10.5. The van der Waals surface area contributed by atoms with E-state index >= 15 is 0 Å². The molecule has 1 heterocycles. The van der Waals surface area contributed by atoms with Crippen LogP contribution in [-0.4, -0.2) is 18.4 Å². The van der Waals surface area contributed by atoms with Crippen molar-refractivity contribution < 1.29 is 18.7 Å². The lowest BCUT2D eigenvalue weighted by atomic mass is 10.1. The molecule has 132 valence electrons. The quantitative estimate of drug-likeness (QED) is 0.434. The van der Waals surface area contributed by atoms with Gasteiger partial charge in [0.15, 0.2) is 0 Å². The molecule has 0 atom stereocenters. The molecule has 0 spiro atoms. The molecule has 0 saturated heterocycles. The van der Waals surface area contributed by atoms with Gasteiger partial charge in [-0.1, -0.05) is 30.3 Å². The lowest BCUT2D eigenvalue weighted by molar-refractivity contribution is -0.131. The summed E-state index contributed by atoms with van der Waals surface area (Å²) in [6.45, 7) is 1.69. The van der Waals surface area contributed by atoms with Crippen LogP contribution in [0.15, 0.2) is 63.8 Å². The first-order chi connectivity index (χ1) is 12.5. The first-order valence-corrected chi connectivity index (χ1v) is 8.11. The van der Waals surface area contributed by atoms with Crippen molar-refractivity contribution >= 4 is 22.8 Å². The summed E-state index contributed by atoms with van der Waals surface area (Å²) < 4.78 is 10.1. The Balaban J connectivity index is 1.74. The molecule has 3 rings (SSSR count). The maximum Gasteiger partial charge on any atom is 0.349 e. The predicted molar refractivity (Wildman–Crippen MR) is 96.3 cm³/mol. The van der Waals surface area contributed by atoms with Crippen LogP contribution < -0.4 is 15.7 Å². The zero-order chi connectivity index (χ0) is 18.5. The number of ether oxygens (including phenoxy) is 1. The molecule has 1 aromatic heterocycles. The third-order valence-electron chi connectivity index (χ3n) is 3.76. The number of hydrogen-bond donors (Lipinski definition) is 1. The molecule has 2 aromatic carbocycles. The summed E-state index contributed by atoms with van der Waals surface area (Å²) in [5.74, 6) is -0.685. The highest BCUT2D eigenvalue weighted by Crippen LogP contribution is 2.20. The highest BCUT2D eigenvalue weighted by Gasteiger charge is 2.14. The molecule has 6 nitrogen and oxygen atoms in total. The van der Waals surface area contributed by atoms with Gasteiger partial charge in [-0.2, -0.15) is 0 Å². The lowest BCUT2D eigenvalue weighted by Gasteiger charge is -2.06. The van der Waals surface area contributed by atoms with E-state index in [0.717, 1.165) is 5.56 Å². The van der Waals surface area contributed by atoms with Gasteiger partial charge in [0.1, 0.15) is 16.9 Å². The van der Waals surface area contributed by atoms with Crippen molar-refractivity contribution in [2.45, 2.75) is 13.3 Å². The van der Waals surface area contributed by atoms with E-state index in [4.69, 9.17) is 9.15 Å². The minimum absolute atomic E-state index is 0.0641. The molecular weight excluding hydrogens is 334 g/mol. The van der Waals surface area contributed by atoms with Gasteiger partial charge in [0.2, 0.25) is 0 Å². The number of benzene rings is 2. The van der Waals surface area contributed by atoms with E-state index in [1.807, 2.05) is 30.3 Å². The molecule has 0 fully saturated rings. The molecule has 0 saturated carbocycles. The highest BCUT2D eigenvalue weighted by molar-refractivity contribution is 5.96. The summed E-state index contributed by atoms with van der Waals surface area (Å²) in [4.78, 5) is 35.4.